The zero-order chi connectivity index (χ0) is 25.0. The molecular weight excluding hydrogens is 450 g/mol. The van der Waals surface area contributed by atoms with Gasteiger partial charge in [0.25, 0.3) is 0 Å². The molecule has 2 fully saturated rings. The number of aldehydes is 1. The molecule has 0 saturated carbocycles. The van der Waals surface area contributed by atoms with Gasteiger partial charge in [0, 0.05) is 0 Å². The number of ether oxygens (including phenoxy) is 4. The highest BCUT2D eigenvalue weighted by molar-refractivity contribution is 5.58. The van der Waals surface area contributed by atoms with Crippen LogP contribution in [0, 0.1) is 0 Å². The number of aliphatic hydroxyl groups is 7. The van der Waals surface area contributed by atoms with Crippen molar-refractivity contribution >= 4 is 6.29 Å². The maximum absolute atomic E-state index is 11.2. The Bertz CT molecular complexity index is 618. The molecule has 0 bridgehead atoms. The fraction of sp³-hybridized carbons (Fsp3) is 0.944. The number of carbonyl (C=O) groups excluding carboxylic acids is 1. The predicted octanol–water partition coefficient (Wildman–Crippen LogP) is -6.80. The minimum Gasteiger partial charge on any atom is -0.394 e. The maximum atomic E-state index is 11.2. The van der Waals surface area contributed by atoms with E-state index in [2.05, 4.69) is 0 Å². The molecule has 0 radical (unpaired) electrons. The van der Waals surface area contributed by atoms with Crippen LogP contribution in [-0.2, 0) is 23.7 Å². The van der Waals surface area contributed by atoms with Gasteiger partial charge in [-0.15, -0.1) is 0 Å². The number of aliphatic hydroxyl groups excluding tert-OH is 7. The quantitative estimate of drug-likeness (QED) is 0.129. The highest BCUT2D eigenvalue weighted by Crippen LogP contribution is 2.29. The molecule has 33 heavy (non-hydrogen) atoms. The number of hydrogen-bond acceptors (Lipinski definition) is 15. The van der Waals surface area contributed by atoms with Crippen LogP contribution in [0.2, 0.25) is 0 Å². The van der Waals surface area contributed by atoms with Crippen molar-refractivity contribution in [2.45, 2.75) is 92.6 Å². The summed E-state index contributed by atoms with van der Waals surface area (Å²) in [4.78, 5) is 11.2. The topological polar surface area (TPSA) is 274 Å². The maximum Gasteiger partial charge on any atom is 0.176 e. The van der Waals surface area contributed by atoms with Crippen molar-refractivity contribution < 1.29 is 59.5 Å². The molecule has 2 saturated heterocycles. The summed E-state index contributed by atoms with van der Waals surface area (Å²) >= 11 is 0. The van der Waals surface area contributed by atoms with E-state index < -0.39 is 98.9 Å². The number of rotatable bonds is 10. The van der Waals surface area contributed by atoms with E-state index in [4.69, 9.17) is 41.3 Å². The fourth-order valence-electron chi connectivity index (χ4n) is 3.67. The van der Waals surface area contributed by atoms with Gasteiger partial charge in [-0.3, -0.25) is 0 Å². The van der Waals surface area contributed by atoms with Crippen LogP contribution in [0.15, 0.2) is 0 Å². The molecule has 0 aromatic carbocycles. The van der Waals surface area contributed by atoms with Crippen molar-refractivity contribution in [3.8, 4) is 0 Å². The van der Waals surface area contributed by atoms with Crippen LogP contribution in [0.25, 0.3) is 0 Å². The highest BCUT2D eigenvalue weighted by Gasteiger charge is 2.50. The number of hydrogen-bond donors (Lipinski definition) is 10. The Morgan fingerprint density at radius 2 is 1.64 bits per heavy atom. The normalized spacial score (nSPS) is 43.5. The van der Waals surface area contributed by atoms with Crippen LogP contribution in [0.5, 0.6) is 0 Å². The fourth-order valence-corrected chi connectivity index (χ4v) is 3.67. The monoisotopic (exact) mass is 485 g/mol. The molecule has 15 heteroatoms. The van der Waals surface area contributed by atoms with Crippen molar-refractivity contribution in [2.75, 3.05) is 13.2 Å². The first-order valence-corrected chi connectivity index (χ1v) is 10.4. The first kappa shape index (κ1) is 28.3. The molecule has 2 aliphatic rings. The second-order valence-electron chi connectivity index (χ2n) is 8.22. The minimum absolute atomic E-state index is 0.259. The van der Waals surface area contributed by atoms with Crippen molar-refractivity contribution in [1.29, 1.82) is 0 Å². The summed E-state index contributed by atoms with van der Waals surface area (Å²) in [5, 5.41) is 69.0. The van der Waals surface area contributed by atoms with Gasteiger partial charge in [-0.25, -0.2) is 0 Å². The molecule has 2 heterocycles. The molecule has 0 aromatic rings. The Balaban J connectivity index is 2.21. The Hall–Kier alpha value is -0.890. The SMILES string of the molecule is C[C@@H]1O[C@@H](OC(C(N)C=O)C(O)C(O)CO)[C@@H](N)[C@H](O[C@@H]2O[C@H](CO)[C@@H](O)[C@H](O)[C@@H]2N)[C@@H]1O. The van der Waals surface area contributed by atoms with Gasteiger partial charge in [-0.1, -0.05) is 0 Å². The summed E-state index contributed by atoms with van der Waals surface area (Å²) in [5.74, 6) is 0. The third-order valence-corrected chi connectivity index (χ3v) is 5.83. The van der Waals surface area contributed by atoms with Crippen LogP contribution in [0.1, 0.15) is 6.92 Å². The van der Waals surface area contributed by atoms with E-state index in [9.17, 15) is 35.4 Å². The zero-order valence-electron chi connectivity index (χ0n) is 18.0. The average Bonchev–Trinajstić information content (AvgIpc) is 2.81. The molecule has 194 valence electrons. The Morgan fingerprint density at radius 3 is 2.18 bits per heavy atom. The van der Waals surface area contributed by atoms with Gasteiger partial charge in [0.2, 0.25) is 0 Å². The molecule has 4 unspecified atom stereocenters. The lowest BCUT2D eigenvalue weighted by Crippen LogP contribution is -2.68. The molecule has 2 aliphatic heterocycles. The molecule has 2 rings (SSSR count). The van der Waals surface area contributed by atoms with Gasteiger partial charge < -0.3 is 76.7 Å². The molecule has 0 aromatic heterocycles. The third-order valence-electron chi connectivity index (χ3n) is 5.83. The molecule has 15 nitrogen and oxygen atoms in total. The third kappa shape index (κ3) is 6.22. The van der Waals surface area contributed by atoms with Crippen molar-refractivity contribution in [1.82, 2.24) is 0 Å². The van der Waals surface area contributed by atoms with E-state index in [-0.39, 0.29) is 6.29 Å². The standard InChI is InChI=1S/C18H35N3O12/c1-5-11(26)16(33-17-9(20)14(29)13(28)8(4-24)31-17)10(21)18(30-5)32-15(6(19)2-22)12(27)7(25)3-23/h2,5-18,23-29H,3-4,19-21H2,1H3/t5-,6?,7?,8+,9-,10-,11+,12?,13+,14+,15?,16-,17-,18-/m0/s1. The Kier molecular flexibility index (Phi) is 10.5. The lowest BCUT2D eigenvalue weighted by Gasteiger charge is -2.47. The van der Waals surface area contributed by atoms with Gasteiger partial charge in [-0.2, -0.15) is 0 Å². The predicted molar refractivity (Wildman–Crippen MR) is 107 cm³/mol. The van der Waals surface area contributed by atoms with E-state index in [1.807, 2.05) is 0 Å². The van der Waals surface area contributed by atoms with Crippen molar-refractivity contribution in [3.05, 3.63) is 0 Å². The lowest BCUT2D eigenvalue weighted by molar-refractivity contribution is -0.328. The van der Waals surface area contributed by atoms with Crippen molar-refractivity contribution in [2.24, 2.45) is 17.2 Å². The second-order valence-corrected chi connectivity index (χ2v) is 8.22. The molecule has 0 amide bonds. The largest absolute Gasteiger partial charge is 0.394 e. The van der Waals surface area contributed by atoms with Gasteiger partial charge >= 0.3 is 0 Å². The van der Waals surface area contributed by atoms with E-state index >= 15 is 0 Å². The van der Waals surface area contributed by atoms with E-state index in [0.29, 0.717) is 0 Å². The zero-order valence-corrected chi connectivity index (χ0v) is 18.0. The van der Waals surface area contributed by atoms with Crippen LogP contribution in [-0.4, -0.2) is 141 Å². The minimum atomic E-state index is -1.79. The Labute approximate surface area is 189 Å². The second kappa shape index (κ2) is 12.2. The van der Waals surface area contributed by atoms with E-state index in [1.165, 1.54) is 6.92 Å². The summed E-state index contributed by atoms with van der Waals surface area (Å²) in [6, 6.07) is -3.99. The van der Waals surface area contributed by atoms with Crippen LogP contribution in [0.3, 0.4) is 0 Å². The highest BCUT2D eigenvalue weighted by atomic mass is 16.7. The molecule has 14 atom stereocenters. The summed E-state index contributed by atoms with van der Waals surface area (Å²) in [7, 11) is 0. The number of carbonyl (C=O) groups is 1. The first-order valence-electron chi connectivity index (χ1n) is 10.4. The lowest BCUT2D eigenvalue weighted by atomic mass is 9.95. The smallest absolute Gasteiger partial charge is 0.176 e. The van der Waals surface area contributed by atoms with Gasteiger partial charge in [-0.05, 0) is 6.92 Å². The van der Waals surface area contributed by atoms with Gasteiger partial charge in [0.05, 0.1) is 37.4 Å². The van der Waals surface area contributed by atoms with Crippen LogP contribution in [0.4, 0.5) is 0 Å². The first-order chi connectivity index (χ1) is 15.5. The molecule has 0 spiro atoms. The molecular formula is C18H35N3O12. The van der Waals surface area contributed by atoms with Gasteiger partial charge in [0.15, 0.2) is 12.6 Å². The summed E-state index contributed by atoms with van der Waals surface area (Å²) in [6.07, 6.45) is -15.4. The van der Waals surface area contributed by atoms with Gasteiger partial charge in [0.1, 0.15) is 55.1 Å². The molecule has 13 N–H and O–H groups in total. The van der Waals surface area contributed by atoms with Crippen molar-refractivity contribution in [3.63, 3.8) is 0 Å². The molecule has 0 aliphatic carbocycles. The average molecular weight is 485 g/mol. The van der Waals surface area contributed by atoms with Crippen LogP contribution < -0.4 is 17.2 Å². The van der Waals surface area contributed by atoms with Crippen LogP contribution >= 0.6 is 0 Å². The van der Waals surface area contributed by atoms with E-state index in [1.54, 1.807) is 0 Å². The number of nitrogens with two attached hydrogens (primary N) is 3. The summed E-state index contributed by atoms with van der Waals surface area (Å²) in [5.41, 5.74) is 17.7. The summed E-state index contributed by atoms with van der Waals surface area (Å²) in [6.45, 7) is -0.0402. The Morgan fingerprint density at radius 1 is 1.00 bits per heavy atom. The summed E-state index contributed by atoms with van der Waals surface area (Å²) < 4.78 is 22.2. The van der Waals surface area contributed by atoms with E-state index in [0.717, 1.165) is 0 Å².